The van der Waals surface area contributed by atoms with Crippen molar-refractivity contribution in [3.63, 3.8) is 0 Å². The molecule has 0 aromatic heterocycles. The van der Waals surface area contributed by atoms with Crippen LogP contribution in [0.25, 0.3) is 0 Å². The zero-order valence-corrected chi connectivity index (χ0v) is 12.7. The highest BCUT2D eigenvalue weighted by atomic mass is 16.2. The van der Waals surface area contributed by atoms with E-state index < -0.39 is 0 Å². The molecule has 0 aliphatic carbocycles. The number of carbonyl (C=O) groups is 1. The fraction of sp³-hybridized carbons (Fsp3) is 0.471. The monoisotopic (exact) mass is 273 g/mol. The van der Waals surface area contributed by atoms with Crippen molar-refractivity contribution in [1.29, 1.82) is 0 Å². The van der Waals surface area contributed by atoms with Gasteiger partial charge < -0.3 is 10.4 Å². The van der Waals surface area contributed by atoms with Crippen LogP contribution in [0.3, 0.4) is 0 Å². The average molecular weight is 273 g/mol. The number of amides is 1. The van der Waals surface area contributed by atoms with Crippen molar-refractivity contribution in [1.82, 2.24) is 5.32 Å². The summed E-state index contributed by atoms with van der Waals surface area (Å²) < 4.78 is 0. The maximum absolute atomic E-state index is 12.3. The lowest BCUT2D eigenvalue weighted by Crippen LogP contribution is -2.33. The van der Waals surface area contributed by atoms with Crippen LogP contribution in [0, 0.1) is 24.7 Å². The summed E-state index contributed by atoms with van der Waals surface area (Å²) in [6.07, 6.45) is 0.940. The van der Waals surface area contributed by atoms with E-state index in [9.17, 15) is 4.79 Å². The van der Waals surface area contributed by atoms with Crippen LogP contribution in [-0.4, -0.2) is 23.7 Å². The van der Waals surface area contributed by atoms with Crippen molar-refractivity contribution < 1.29 is 9.90 Å². The predicted octanol–water partition coefficient (Wildman–Crippen LogP) is 2.50. The van der Waals surface area contributed by atoms with Crippen LogP contribution < -0.4 is 5.32 Å². The molecule has 0 aliphatic rings. The van der Waals surface area contributed by atoms with E-state index in [4.69, 9.17) is 5.11 Å². The number of nitrogens with one attached hydrogen (secondary N) is 1. The minimum Gasteiger partial charge on any atom is -0.384 e. The Labute approximate surface area is 121 Å². The van der Waals surface area contributed by atoms with Gasteiger partial charge in [0.15, 0.2) is 0 Å². The van der Waals surface area contributed by atoms with Gasteiger partial charge in [0.2, 0.25) is 0 Å². The summed E-state index contributed by atoms with van der Waals surface area (Å²) >= 11 is 0. The highest BCUT2D eigenvalue weighted by Gasteiger charge is 2.14. The van der Waals surface area contributed by atoms with Crippen LogP contribution >= 0.6 is 0 Å². The standard InChI is InChI=1S/C17H23NO2/c1-12(2)10-14(4)18-17(20)16-8-7-13(3)11-15(16)6-5-9-19/h7-8,11-12,14,19H,9-10H2,1-4H3,(H,18,20). The number of carbonyl (C=O) groups excluding carboxylic acids is 1. The molecule has 3 heteroatoms. The van der Waals surface area contributed by atoms with Gasteiger partial charge in [-0.25, -0.2) is 0 Å². The fourth-order valence-electron chi connectivity index (χ4n) is 2.16. The van der Waals surface area contributed by atoms with Gasteiger partial charge in [0.25, 0.3) is 5.91 Å². The van der Waals surface area contributed by atoms with Gasteiger partial charge in [0.1, 0.15) is 6.61 Å². The summed E-state index contributed by atoms with van der Waals surface area (Å²) in [5.74, 6) is 5.86. The first-order valence-corrected chi connectivity index (χ1v) is 6.95. The molecule has 0 saturated carbocycles. The quantitative estimate of drug-likeness (QED) is 0.828. The second-order valence-corrected chi connectivity index (χ2v) is 5.51. The van der Waals surface area contributed by atoms with Crippen molar-refractivity contribution in [2.75, 3.05) is 6.61 Å². The summed E-state index contributed by atoms with van der Waals surface area (Å²) in [6.45, 7) is 8.01. The van der Waals surface area contributed by atoms with Gasteiger partial charge in [-0.3, -0.25) is 4.79 Å². The van der Waals surface area contributed by atoms with Gasteiger partial charge in [0.05, 0.1) is 5.56 Å². The molecule has 0 fully saturated rings. The number of hydrogen-bond donors (Lipinski definition) is 2. The molecule has 1 atom stereocenters. The third kappa shape index (κ3) is 5.07. The Morgan fingerprint density at radius 3 is 2.65 bits per heavy atom. The second-order valence-electron chi connectivity index (χ2n) is 5.51. The van der Waals surface area contributed by atoms with Gasteiger partial charge >= 0.3 is 0 Å². The first-order valence-electron chi connectivity index (χ1n) is 6.95. The van der Waals surface area contributed by atoms with E-state index in [1.54, 1.807) is 6.07 Å². The molecule has 1 unspecified atom stereocenters. The van der Waals surface area contributed by atoms with E-state index in [0.29, 0.717) is 17.0 Å². The number of aliphatic hydroxyl groups excluding tert-OH is 1. The van der Waals surface area contributed by atoms with Crippen LogP contribution in [0.2, 0.25) is 0 Å². The molecular weight excluding hydrogens is 250 g/mol. The number of aryl methyl sites for hydroxylation is 1. The van der Waals surface area contributed by atoms with Crippen LogP contribution in [0.4, 0.5) is 0 Å². The minimum absolute atomic E-state index is 0.111. The van der Waals surface area contributed by atoms with Crippen molar-refractivity contribution in [2.24, 2.45) is 5.92 Å². The summed E-state index contributed by atoms with van der Waals surface area (Å²) in [6, 6.07) is 5.67. The molecule has 1 rings (SSSR count). The van der Waals surface area contributed by atoms with Gasteiger partial charge in [-0.05, 0) is 43.9 Å². The zero-order valence-electron chi connectivity index (χ0n) is 12.7. The molecule has 0 radical (unpaired) electrons. The van der Waals surface area contributed by atoms with Gasteiger partial charge in [0, 0.05) is 11.6 Å². The zero-order chi connectivity index (χ0) is 15.1. The fourth-order valence-corrected chi connectivity index (χ4v) is 2.16. The molecule has 20 heavy (non-hydrogen) atoms. The maximum atomic E-state index is 12.3. The Bertz CT molecular complexity index is 524. The number of rotatable bonds is 4. The summed E-state index contributed by atoms with van der Waals surface area (Å²) in [7, 11) is 0. The second kappa shape index (κ2) is 7.72. The summed E-state index contributed by atoms with van der Waals surface area (Å²) in [5, 5.41) is 11.8. The van der Waals surface area contributed by atoms with Crippen molar-refractivity contribution in [3.05, 3.63) is 34.9 Å². The van der Waals surface area contributed by atoms with Crippen molar-refractivity contribution in [3.8, 4) is 11.8 Å². The lowest BCUT2D eigenvalue weighted by molar-refractivity contribution is 0.0936. The van der Waals surface area contributed by atoms with Crippen LogP contribution in [-0.2, 0) is 0 Å². The third-order valence-electron chi connectivity index (χ3n) is 2.92. The number of aliphatic hydroxyl groups is 1. The van der Waals surface area contributed by atoms with E-state index >= 15 is 0 Å². The Balaban J connectivity index is 2.92. The highest BCUT2D eigenvalue weighted by molar-refractivity contribution is 5.97. The molecule has 1 aromatic rings. The van der Waals surface area contributed by atoms with Crippen LogP contribution in [0.15, 0.2) is 18.2 Å². The van der Waals surface area contributed by atoms with Crippen molar-refractivity contribution in [2.45, 2.75) is 40.2 Å². The molecule has 0 spiro atoms. The first kappa shape index (κ1) is 16.3. The largest absolute Gasteiger partial charge is 0.384 e. The van der Waals surface area contributed by atoms with Gasteiger partial charge in [-0.1, -0.05) is 31.8 Å². The van der Waals surface area contributed by atoms with E-state index in [1.165, 1.54) is 0 Å². The Morgan fingerprint density at radius 2 is 2.05 bits per heavy atom. The van der Waals surface area contributed by atoms with Gasteiger partial charge in [-0.2, -0.15) is 0 Å². The molecule has 0 aliphatic heterocycles. The molecule has 2 N–H and O–H groups in total. The SMILES string of the molecule is Cc1ccc(C(=O)NC(C)CC(C)C)c(C#CCO)c1. The molecule has 108 valence electrons. The number of hydrogen-bond acceptors (Lipinski definition) is 2. The smallest absolute Gasteiger partial charge is 0.252 e. The first-order chi connectivity index (χ1) is 9.43. The van der Waals surface area contributed by atoms with E-state index in [2.05, 4.69) is 31.0 Å². The highest BCUT2D eigenvalue weighted by Crippen LogP contribution is 2.12. The van der Waals surface area contributed by atoms with Gasteiger partial charge in [-0.15, -0.1) is 0 Å². The Hall–Kier alpha value is -1.79. The third-order valence-corrected chi connectivity index (χ3v) is 2.92. The lowest BCUT2D eigenvalue weighted by atomic mass is 10.0. The predicted molar refractivity (Wildman–Crippen MR) is 81.5 cm³/mol. The molecule has 1 aromatic carbocycles. The summed E-state index contributed by atoms with van der Waals surface area (Å²) in [4.78, 5) is 12.3. The Morgan fingerprint density at radius 1 is 1.35 bits per heavy atom. The molecule has 3 nitrogen and oxygen atoms in total. The molecule has 0 bridgehead atoms. The van der Waals surface area contributed by atoms with E-state index in [1.807, 2.05) is 26.0 Å². The minimum atomic E-state index is -0.210. The maximum Gasteiger partial charge on any atom is 0.252 e. The molecule has 0 saturated heterocycles. The normalized spacial score (nSPS) is 11.7. The average Bonchev–Trinajstić information content (AvgIpc) is 2.35. The topological polar surface area (TPSA) is 49.3 Å². The van der Waals surface area contributed by atoms with Crippen LogP contribution in [0.1, 0.15) is 48.7 Å². The molecule has 1 amide bonds. The number of benzene rings is 1. The van der Waals surface area contributed by atoms with E-state index in [0.717, 1.165) is 12.0 Å². The molecule has 0 heterocycles. The molecular formula is C17H23NO2. The van der Waals surface area contributed by atoms with E-state index in [-0.39, 0.29) is 18.6 Å². The summed E-state index contributed by atoms with van der Waals surface area (Å²) in [5.41, 5.74) is 2.26. The van der Waals surface area contributed by atoms with Crippen molar-refractivity contribution >= 4 is 5.91 Å². The van der Waals surface area contributed by atoms with Crippen LogP contribution in [0.5, 0.6) is 0 Å². The lowest BCUT2D eigenvalue weighted by Gasteiger charge is -2.16. The Kier molecular flexibility index (Phi) is 6.27.